The van der Waals surface area contributed by atoms with Crippen molar-refractivity contribution in [2.24, 2.45) is 5.92 Å². The molecule has 144 valence electrons. The van der Waals surface area contributed by atoms with Gasteiger partial charge in [-0.1, -0.05) is 0 Å². The molecule has 0 atom stereocenters. The van der Waals surface area contributed by atoms with Crippen molar-refractivity contribution in [1.29, 1.82) is 5.26 Å². The lowest BCUT2D eigenvalue weighted by Gasteiger charge is -2.32. The largest absolute Gasteiger partial charge is 0.378 e. The van der Waals surface area contributed by atoms with Crippen LogP contribution in [0, 0.1) is 17.2 Å². The minimum Gasteiger partial charge on any atom is -0.378 e. The lowest BCUT2D eigenvalue weighted by Crippen LogP contribution is -2.40. The van der Waals surface area contributed by atoms with Crippen LogP contribution in [-0.4, -0.2) is 61.5 Å². The predicted octanol–water partition coefficient (Wildman–Crippen LogP) is 2.26. The number of piperidine rings is 1. The van der Waals surface area contributed by atoms with E-state index in [2.05, 4.69) is 16.0 Å². The second-order valence-electron chi connectivity index (χ2n) is 7.21. The van der Waals surface area contributed by atoms with Gasteiger partial charge in [0, 0.05) is 48.7 Å². The number of aldehydes is 1. The topological polar surface area (TPSA) is 86.5 Å². The first-order valence-electron chi connectivity index (χ1n) is 9.61. The number of nitriles is 1. The average Bonchev–Trinajstić information content (AvgIpc) is 2.78. The van der Waals surface area contributed by atoms with E-state index < -0.39 is 0 Å². The summed E-state index contributed by atoms with van der Waals surface area (Å²) in [5.41, 5.74) is 2.58. The van der Waals surface area contributed by atoms with Gasteiger partial charge >= 0.3 is 0 Å². The van der Waals surface area contributed by atoms with E-state index >= 15 is 0 Å². The third-order valence-corrected chi connectivity index (χ3v) is 5.49. The van der Waals surface area contributed by atoms with Crippen LogP contribution in [0.25, 0.3) is 10.9 Å². The number of hydrogen-bond donors (Lipinski definition) is 0. The fourth-order valence-electron chi connectivity index (χ4n) is 3.88. The van der Waals surface area contributed by atoms with E-state index in [1.165, 1.54) is 0 Å². The van der Waals surface area contributed by atoms with Crippen LogP contribution in [0.1, 0.15) is 33.7 Å². The van der Waals surface area contributed by atoms with Crippen LogP contribution in [0.4, 0.5) is 5.69 Å². The highest BCUT2D eigenvalue weighted by Crippen LogP contribution is 2.31. The number of hydrogen-bond acceptors (Lipinski definition) is 6. The van der Waals surface area contributed by atoms with Gasteiger partial charge in [0.2, 0.25) is 0 Å². The van der Waals surface area contributed by atoms with Gasteiger partial charge < -0.3 is 14.5 Å². The van der Waals surface area contributed by atoms with Crippen molar-refractivity contribution in [1.82, 2.24) is 9.88 Å². The van der Waals surface area contributed by atoms with Crippen LogP contribution in [0.5, 0.6) is 0 Å². The molecule has 1 amide bonds. The standard InChI is InChI=1S/C21H22N4O3/c22-13-15-3-5-24(6-4-15)20-12-17(14-26)23-19-2-1-16(11-18(19)20)21(27)25-7-9-28-10-8-25/h1-2,11-12,14-15H,3-10H2. The lowest BCUT2D eigenvalue weighted by molar-refractivity contribution is 0.0303. The van der Waals surface area contributed by atoms with Gasteiger partial charge in [-0.3, -0.25) is 9.59 Å². The number of aromatic nitrogens is 1. The Morgan fingerprint density at radius 3 is 2.61 bits per heavy atom. The fraction of sp³-hybridized carbons (Fsp3) is 0.429. The van der Waals surface area contributed by atoms with Crippen LogP contribution in [0.15, 0.2) is 24.3 Å². The van der Waals surface area contributed by atoms with E-state index in [4.69, 9.17) is 10.00 Å². The minimum atomic E-state index is -0.0150. The van der Waals surface area contributed by atoms with Crippen molar-refractivity contribution in [3.8, 4) is 6.07 Å². The zero-order chi connectivity index (χ0) is 19.5. The highest BCUT2D eigenvalue weighted by Gasteiger charge is 2.23. The van der Waals surface area contributed by atoms with Crippen LogP contribution >= 0.6 is 0 Å². The Morgan fingerprint density at radius 1 is 1.18 bits per heavy atom. The molecule has 7 nitrogen and oxygen atoms in total. The van der Waals surface area contributed by atoms with Crippen molar-refractivity contribution in [3.63, 3.8) is 0 Å². The molecule has 2 aliphatic heterocycles. The van der Waals surface area contributed by atoms with Crippen LogP contribution < -0.4 is 4.90 Å². The number of rotatable bonds is 3. The third kappa shape index (κ3) is 3.56. The summed E-state index contributed by atoms with van der Waals surface area (Å²) in [6.45, 7) is 3.79. The molecule has 2 fully saturated rings. The van der Waals surface area contributed by atoms with Gasteiger partial charge in [0.15, 0.2) is 6.29 Å². The molecule has 3 heterocycles. The molecule has 0 N–H and O–H groups in total. The van der Waals surface area contributed by atoms with Crippen molar-refractivity contribution >= 4 is 28.8 Å². The number of carbonyl (C=O) groups excluding carboxylic acids is 2. The van der Waals surface area contributed by atoms with Gasteiger partial charge in [0.25, 0.3) is 5.91 Å². The minimum absolute atomic E-state index is 0.0150. The van der Waals surface area contributed by atoms with Crippen LogP contribution in [0.2, 0.25) is 0 Å². The first kappa shape index (κ1) is 18.4. The molecular formula is C21H22N4O3. The van der Waals surface area contributed by atoms with Gasteiger partial charge in [-0.2, -0.15) is 5.26 Å². The lowest BCUT2D eigenvalue weighted by atomic mass is 9.97. The number of anilines is 1. The molecule has 1 aromatic heterocycles. The van der Waals surface area contributed by atoms with Gasteiger partial charge in [0.1, 0.15) is 5.69 Å². The number of ether oxygens (including phenoxy) is 1. The first-order chi connectivity index (χ1) is 13.7. The monoisotopic (exact) mass is 378 g/mol. The Bertz CT molecular complexity index is 939. The number of nitrogens with zero attached hydrogens (tertiary/aromatic N) is 4. The van der Waals surface area contributed by atoms with E-state index in [9.17, 15) is 9.59 Å². The summed E-state index contributed by atoms with van der Waals surface area (Å²) in [6, 6.07) is 9.58. The maximum Gasteiger partial charge on any atom is 0.254 e. The number of amides is 1. The maximum atomic E-state index is 12.9. The Morgan fingerprint density at radius 2 is 1.93 bits per heavy atom. The van der Waals surface area contributed by atoms with Gasteiger partial charge in [-0.15, -0.1) is 0 Å². The molecule has 2 aliphatic rings. The van der Waals surface area contributed by atoms with E-state index in [1.54, 1.807) is 17.0 Å². The summed E-state index contributed by atoms with van der Waals surface area (Å²) in [4.78, 5) is 32.6. The predicted molar refractivity (Wildman–Crippen MR) is 104 cm³/mol. The van der Waals surface area contributed by atoms with Crippen molar-refractivity contribution in [2.45, 2.75) is 12.8 Å². The summed E-state index contributed by atoms with van der Waals surface area (Å²) in [5.74, 6) is 0.0622. The SMILES string of the molecule is N#CC1CCN(c2cc(C=O)nc3ccc(C(=O)N4CCOCC4)cc23)CC1. The number of pyridine rings is 1. The van der Waals surface area contributed by atoms with Gasteiger partial charge in [-0.05, 0) is 37.1 Å². The van der Waals surface area contributed by atoms with E-state index in [0.29, 0.717) is 43.1 Å². The molecule has 28 heavy (non-hydrogen) atoms. The highest BCUT2D eigenvalue weighted by molar-refractivity contribution is 6.02. The Labute approximate surface area is 163 Å². The zero-order valence-corrected chi connectivity index (χ0v) is 15.6. The molecule has 7 heteroatoms. The Balaban J connectivity index is 1.71. The van der Waals surface area contributed by atoms with E-state index in [0.717, 1.165) is 43.3 Å². The molecule has 0 aliphatic carbocycles. The molecule has 0 unspecified atom stereocenters. The number of benzene rings is 1. The number of fused-ring (bicyclic) bond motifs is 1. The number of morpholine rings is 1. The molecule has 0 saturated carbocycles. The number of carbonyl (C=O) groups is 2. The van der Waals surface area contributed by atoms with E-state index in [1.807, 2.05) is 12.1 Å². The second-order valence-corrected chi connectivity index (χ2v) is 7.21. The summed E-state index contributed by atoms with van der Waals surface area (Å²) in [5, 5.41) is 10.0. The fourth-order valence-corrected chi connectivity index (χ4v) is 3.88. The summed E-state index contributed by atoms with van der Waals surface area (Å²) < 4.78 is 5.33. The molecule has 0 radical (unpaired) electrons. The maximum absolute atomic E-state index is 12.9. The summed E-state index contributed by atoms with van der Waals surface area (Å²) in [7, 11) is 0. The van der Waals surface area contributed by atoms with Crippen LogP contribution in [-0.2, 0) is 4.74 Å². The molecule has 1 aromatic carbocycles. The smallest absolute Gasteiger partial charge is 0.254 e. The molecule has 0 bridgehead atoms. The van der Waals surface area contributed by atoms with Crippen LogP contribution in [0.3, 0.4) is 0 Å². The van der Waals surface area contributed by atoms with E-state index in [-0.39, 0.29) is 11.8 Å². The third-order valence-electron chi connectivity index (χ3n) is 5.49. The molecular weight excluding hydrogens is 356 g/mol. The first-order valence-corrected chi connectivity index (χ1v) is 9.61. The highest BCUT2D eigenvalue weighted by atomic mass is 16.5. The quantitative estimate of drug-likeness (QED) is 0.762. The zero-order valence-electron chi connectivity index (χ0n) is 15.6. The summed E-state index contributed by atoms with van der Waals surface area (Å²) >= 11 is 0. The van der Waals surface area contributed by atoms with Gasteiger partial charge in [0.05, 0.1) is 24.8 Å². The second kappa shape index (κ2) is 7.95. The molecule has 4 rings (SSSR count). The summed E-state index contributed by atoms with van der Waals surface area (Å²) in [6.07, 6.45) is 2.34. The average molecular weight is 378 g/mol. The van der Waals surface area contributed by atoms with Crippen molar-refractivity contribution < 1.29 is 14.3 Å². The molecule has 0 spiro atoms. The van der Waals surface area contributed by atoms with Crippen molar-refractivity contribution in [3.05, 3.63) is 35.5 Å². The normalized spacial score (nSPS) is 18.1. The van der Waals surface area contributed by atoms with Crippen molar-refractivity contribution in [2.75, 3.05) is 44.3 Å². The molecule has 2 aromatic rings. The Hall–Kier alpha value is -2.98. The Kier molecular flexibility index (Phi) is 5.22. The van der Waals surface area contributed by atoms with Gasteiger partial charge in [-0.25, -0.2) is 4.98 Å². The molecule has 2 saturated heterocycles.